The number of halogens is 1. The standard InChI is InChI=1S/C21H12ClNO3/c22-14-10-11-17(19(24)13-6-2-1-3-7-13)18(12-14)23-20(25)15-8-4-5-9-16(15)21(23)26/h1-12H. The predicted molar refractivity (Wildman–Crippen MR) is 98.9 cm³/mol. The predicted octanol–water partition coefficient (Wildman–Crippen LogP) is 4.37. The van der Waals surface area contributed by atoms with Crippen LogP contribution in [0.15, 0.2) is 72.8 Å². The first-order chi connectivity index (χ1) is 12.6. The number of amides is 2. The Kier molecular flexibility index (Phi) is 3.90. The van der Waals surface area contributed by atoms with E-state index in [1.807, 2.05) is 6.07 Å². The first kappa shape index (κ1) is 16.2. The average molecular weight is 362 g/mol. The molecule has 0 unspecified atom stereocenters. The number of rotatable bonds is 3. The summed E-state index contributed by atoms with van der Waals surface area (Å²) in [6.07, 6.45) is 0. The van der Waals surface area contributed by atoms with Gasteiger partial charge in [0.05, 0.1) is 16.8 Å². The second-order valence-corrected chi connectivity index (χ2v) is 6.28. The lowest BCUT2D eigenvalue weighted by atomic mass is 10.0. The highest BCUT2D eigenvalue weighted by Gasteiger charge is 2.38. The number of imide groups is 1. The van der Waals surface area contributed by atoms with Crippen LogP contribution < -0.4 is 4.90 Å². The van der Waals surface area contributed by atoms with Crippen LogP contribution in [0.3, 0.4) is 0 Å². The maximum Gasteiger partial charge on any atom is 0.266 e. The molecule has 1 heterocycles. The number of nitrogens with zero attached hydrogens (tertiary/aromatic N) is 1. The molecule has 1 aliphatic heterocycles. The molecule has 2 amide bonds. The molecule has 0 fully saturated rings. The van der Waals surface area contributed by atoms with Crippen molar-refractivity contribution in [2.24, 2.45) is 0 Å². The van der Waals surface area contributed by atoms with Gasteiger partial charge in [-0.3, -0.25) is 14.4 Å². The molecule has 0 saturated carbocycles. The summed E-state index contributed by atoms with van der Waals surface area (Å²) in [6, 6.07) is 19.8. The van der Waals surface area contributed by atoms with Crippen molar-refractivity contribution in [3.63, 3.8) is 0 Å². The van der Waals surface area contributed by atoms with Crippen molar-refractivity contribution in [2.75, 3.05) is 4.90 Å². The average Bonchev–Trinajstić information content (AvgIpc) is 2.93. The van der Waals surface area contributed by atoms with Crippen LogP contribution in [-0.2, 0) is 0 Å². The van der Waals surface area contributed by atoms with Crippen molar-refractivity contribution >= 4 is 34.9 Å². The lowest BCUT2D eigenvalue weighted by Gasteiger charge is -2.18. The molecule has 0 saturated heterocycles. The Balaban J connectivity index is 1.86. The van der Waals surface area contributed by atoms with Gasteiger partial charge in [0.15, 0.2) is 5.78 Å². The molecule has 126 valence electrons. The third-order valence-electron chi connectivity index (χ3n) is 4.28. The summed E-state index contributed by atoms with van der Waals surface area (Å²) in [5.74, 6) is -1.21. The van der Waals surface area contributed by atoms with E-state index in [1.165, 1.54) is 12.1 Å². The van der Waals surface area contributed by atoms with Crippen LogP contribution in [0.2, 0.25) is 5.02 Å². The minimum Gasteiger partial charge on any atom is -0.289 e. The van der Waals surface area contributed by atoms with Gasteiger partial charge in [-0.2, -0.15) is 0 Å². The van der Waals surface area contributed by atoms with E-state index in [0.717, 1.165) is 4.90 Å². The summed E-state index contributed by atoms with van der Waals surface area (Å²) in [4.78, 5) is 39.5. The molecule has 4 nitrogen and oxygen atoms in total. The number of carbonyl (C=O) groups is 3. The van der Waals surface area contributed by atoms with Crippen LogP contribution in [0.25, 0.3) is 0 Å². The minimum absolute atomic E-state index is 0.192. The van der Waals surface area contributed by atoms with Gasteiger partial charge in [0.1, 0.15) is 0 Å². The second-order valence-electron chi connectivity index (χ2n) is 5.85. The lowest BCUT2D eigenvalue weighted by molar-refractivity contribution is 0.0926. The highest BCUT2D eigenvalue weighted by atomic mass is 35.5. The fraction of sp³-hybridized carbons (Fsp3) is 0. The molecule has 4 rings (SSSR count). The van der Waals surface area contributed by atoms with E-state index in [4.69, 9.17) is 11.6 Å². The van der Waals surface area contributed by atoms with Crippen LogP contribution in [-0.4, -0.2) is 17.6 Å². The van der Waals surface area contributed by atoms with E-state index >= 15 is 0 Å². The first-order valence-corrected chi connectivity index (χ1v) is 8.33. The maximum atomic E-state index is 12.9. The zero-order valence-corrected chi connectivity index (χ0v) is 14.2. The molecule has 0 aliphatic carbocycles. The van der Waals surface area contributed by atoms with Gasteiger partial charge < -0.3 is 0 Å². The van der Waals surface area contributed by atoms with Crippen LogP contribution in [0.1, 0.15) is 36.6 Å². The van der Waals surface area contributed by atoms with E-state index in [1.54, 1.807) is 54.6 Å². The highest BCUT2D eigenvalue weighted by Crippen LogP contribution is 2.33. The molecule has 1 aliphatic rings. The van der Waals surface area contributed by atoms with Crippen molar-refractivity contribution in [2.45, 2.75) is 0 Å². The fourth-order valence-corrected chi connectivity index (χ4v) is 3.20. The molecule has 5 heteroatoms. The third-order valence-corrected chi connectivity index (χ3v) is 4.51. The molecule has 3 aromatic rings. The van der Waals surface area contributed by atoms with E-state index in [-0.39, 0.29) is 17.0 Å². The number of hydrogen-bond donors (Lipinski definition) is 0. The lowest BCUT2D eigenvalue weighted by Crippen LogP contribution is -2.31. The second kappa shape index (κ2) is 6.24. The fourth-order valence-electron chi connectivity index (χ4n) is 3.03. The summed E-state index contributed by atoms with van der Waals surface area (Å²) < 4.78 is 0. The zero-order chi connectivity index (χ0) is 18.3. The molecule has 0 aromatic heterocycles. The molecule has 0 radical (unpaired) electrons. The van der Waals surface area contributed by atoms with Gasteiger partial charge in [-0.15, -0.1) is 0 Å². The minimum atomic E-state index is -0.463. The van der Waals surface area contributed by atoms with Gasteiger partial charge in [-0.05, 0) is 30.3 Å². The number of benzene rings is 3. The summed E-state index contributed by atoms with van der Waals surface area (Å²) in [5, 5.41) is 0.334. The smallest absolute Gasteiger partial charge is 0.266 e. The van der Waals surface area contributed by atoms with Gasteiger partial charge in [0.25, 0.3) is 11.8 Å². The zero-order valence-electron chi connectivity index (χ0n) is 13.5. The third kappa shape index (κ3) is 2.52. The number of ketones is 1. The van der Waals surface area contributed by atoms with Gasteiger partial charge in [0.2, 0.25) is 0 Å². The largest absolute Gasteiger partial charge is 0.289 e. The normalized spacial score (nSPS) is 13.0. The summed E-state index contributed by atoms with van der Waals surface area (Å²) in [7, 11) is 0. The van der Waals surface area contributed by atoms with E-state index in [0.29, 0.717) is 21.7 Å². The van der Waals surface area contributed by atoms with Gasteiger partial charge in [-0.1, -0.05) is 54.1 Å². The molecule has 0 atom stereocenters. The molecule has 3 aromatic carbocycles. The molecule has 0 bridgehead atoms. The van der Waals surface area contributed by atoms with Gasteiger partial charge >= 0.3 is 0 Å². The molecule has 26 heavy (non-hydrogen) atoms. The van der Waals surface area contributed by atoms with Crippen molar-refractivity contribution in [3.8, 4) is 0 Å². The molecule has 0 N–H and O–H groups in total. The first-order valence-electron chi connectivity index (χ1n) is 7.95. The van der Waals surface area contributed by atoms with Crippen LogP contribution in [0.4, 0.5) is 5.69 Å². The number of carbonyl (C=O) groups excluding carboxylic acids is 3. The van der Waals surface area contributed by atoms with E-state index in [2.05, 4.69) is 0 Å². The van der Waals surface area contributed by atoms with Gasteiger partial charge in [-0.25, -0.2) is 4.90 Å². The van der Waals surface area contributed by atoms with Crippen molar-refractivity contribution in [1.29, 1.82) is 0 Å². The Morgan fingerprint density at radius 1 is 0.769 bits per heavy atom. The monoisotopic (exact) mass is 361 g/mol. The van der Waals surface area contributed by atoms with E-state index < -0.39 is 11.8 Å². The SMILES string of the molecule is O=C(c1ccccc1)c1ccc(Cl)cc1N1C(=O)c2ccccc2C1=O. The number of hydrogen-bond acceptors (Lipinski definition) is 3. The van der Waals surface area contributed by atoms with Crippen LogP contribution in [0, 0.1) is 0 Å². The Morgan fingerprint density at radius 2 is 1.35 bits per heavy atom. The molecular formula is C21H12ClNO3. The molecule has 0 spiro atoms. The van der Waals surface area contributed by atoms with Crippen LogP contribution in [0.5, 0.6) is 0 Å². The topological polar surface area (TPSA) is 54.5 Å². The van der Waals surface area contributed by atoms with Crippen LogP contribution >= 0.6 is 11.6 Å². The Hall–Kier alpha value is -3.24. The quantitative estimate of drug-likeness (QED) is 0.514. The molecular weight excluding hydrogens is 350 g/mol. The highest BCUT2D eigenvalue weighted by molar-refractivity contribution is 6.37. The summed E-state index contributed by atoms with van der Waals surface area (Å²) in [6.45, 7) is 0. The van der Waals surface area contributed by atoms with Crippen molar-refractivity contribution in [3.05, 3.63) is 100 Å². The number of anilines is 1. The Morgan fingerprint density at radius 3 is 1.96 bits per heavy atom. The summed E-state index contributed by atoms with van der Waals surface area (Å²) in [5.41, 5.74) is 1.53. The summed E-state index contributed by atoms with van der Waals surface area (Å²) >= 11 is 6.09. The Labute approximate surface area is 154 Å². The van der Waals surface area contributed by atoms with Gasteiger partial charge in [0, 0.05) is 16.1 Å². The van der Waals surface area contributed by atoms with E-state index in [9.17, 15) is 14.4 Å². The maximum absolute atomic E-state index is 12.9. The Bertz CT molecular complexity index is 1020. The van der Waals surface area contributed by atoms with Crippen molar-refractivity contribution < 1.29 is 14.4 Å². The number of fused-ring (bicyclic) bond motifs is 1. The van der Waals surface area contributed by atoms with Crippen molar-refractivity contribution in [1.82, 2.24) is 0 Å².